The monoisotopic (exact) mass is 303 g/mol. The first-order chi connectivity index (χ1) is 9.94. The van der Waals surface area contributed by atoms with Crippen molar-refractivity contribution in [3.8, 4) is 5.75 Å². The molecule has 0 aliphatic carbocycles. The van der Waals surface area contributed by atoms with Crippen LogP contribution in [0.3, 0.4) is 0 Å². The van der Waals surface area contributed by atoms with Gasteiger partial charge in [-0.3, -0.25) is 0 Å². The second-order valence-electron chi connectivity index (χ2n) is 6.38. The van der Waals surface area contributed by atoms with Gasteiger partial charge in [0.2, 0.25) is 0 Å². The Labute approximate surface area is 132 Å². The summed E-state index contributed by atoms with van der Waals surface area (Å²) < 4.78 is 5.28. The minimum absolute atomic E-state index is 0.210. The van der Waals surface area contributed by atoms with Gasteiger partial charge in [-0.05, 0) is 36.1 Å². The number of ether oxygens (including phenoxy) is 1. The molecule has 21 heavy (non-hydrogen) atoms. The molecule has 0 aliphatic rings. The van der Waals surface area contributed by atoms with E-state index >= 15 is 0 Å². The molecular formula is C18H25NOS. The number of rotatable bonds is 5. The fraction of sp³-hybridized carbons (Fsp3) is 0.444. The Kier molecular flexibility index (Phi) is 5.07. The lowest BCUT2D eigenvalue weighted by Crippen LogP contribution is -2.18. The molecule has 114 valence electrons. The highest BCUT2D eigenvalue weighted by molar-refractivity contribution is 7.10. The molecule has 1 unspecified atom stereocenters. The van der Waals surface area contributed by atoms with Crippen molar-refractivity contribution in [1.29, 1.82) is 0 Å². The molecule has 0 saturated heterocycles. The normalized spacial score (nSPS) is 13.2. The summed E-state index contributed by atoms with van der Waals surface area (Å²) in [7, 11) is 3.73. The van der Waals surface area contributed by atoms with Crippen LogP contribution in [0.1, 0.15) is 42.8 Å². The number of hydrogen-bond donors (Lipinski definition) is 1. The van der Waals surface area contributed by atoms with Crippen molar-refractivity contribution >= 4 is 11.3 Å². The molecular weight excluding hydrogens is 278 g/mol. The first-order valence-corrected chi connectivity index (χ1v) is 8.21. The van der Waals surface area contributed by atoms with Gasteiger partial charge in [0.05, 0.1) is 7.11 Å². The zero-order chi connectivity index (χ0) is 15.5. The summed E-state index contributed by atoms with van der Waals surface area (Å²) in [4.78, 5) is 1.31. The van der Waals surface area contributed by atoms with Gasteiger partial charge >= 0.3 is 0 Å². The van der Waals surface area contributed by atoms with Crippen molar-refractivity contribution in [2.45, 2.75) is 38.6 Å². The molecule has 2 nitrogen and oxygen atoms in total. The lowest BCUT2D eigenvalue weighted by atomic mass is 9.86. The first kappa shape index (κ1) is 16.1. The van der Waals surface area contributed by atoms with Crippen LogP contribution in [-0.4, -0.2) is 14.2 Å². The van der Waals surface area contributed by atoms with Gasteiger partial charge in [-0.15, -0.1) is 11.3 Å². The number of likely N-dealkylation sites (N-methyl/N-ethyl adjacent to an activating group) is 1. The summed E-state index contributed by atoms with van der Waals surface area (Å²) in [6, 6.07) is 11.4. The predicted octanol–water partition coefficient (Wildman–Crippen LogP) is 4.56. The summed E-state index contributed by atoms with van der Waals surface area (Å²) >= 11 is 1.75. The quantitative estimate of drug-likeness (QED) is 0.874. The summed E-state index contributed by atoms with van der Waals surface area (Å²) in [6.07, 6.45) is 0.991. The van der Waals surface area contributed by atoms with E-state index in [4.69, 9.17) is 4.74 Å². The molecule has 2 rings (SSSR count). The van der Waals surface area contributed by atoms with Crippen molar-refractivity contribution in [3.63, 3.8) is 0 Å². The standard InChI is InChI=1S/C18H25NOS/c1-18(2,3)14-8-6-13(7-9-14)10-16(19-4)17-11-15(20-5)12-21-17/h6-9,11-12,16,19H,10H2,1-5H3. The van der Waals surface area contributed by atoms with E-state index in [9.17, 15) is 0 Å². The Morgan fingerprint density at radius 3 is 2.33 bits per heavy atom. The van der Waals surface area contributed by atoms with E-state index in [1.807, 2.05) is 7.05 Å². The second-order valence-corrected chi connectivity index (χ2v) is 7.32. The molecule has 1 atom stereocenters. The van der Waals surface area contributed by atoms with Gasteiger partial charge in [0, 0.05) is 16.3 Å². The SMILES string of the molecule is CNC(Cc1ccc(C(C)(C)C)cc1)c1cc(OC)cs1. The predicted molar refractivity (Wildman–Crippen MR) is 91.5 cm³/mol. The molecule has 1 heterocycles. The summed E-state index contributed by atoms with van der Waals surface area (Å²) in [5.41, 5.74) is 2.95. The number of nitrogens with one attached hydrogen (secondary N) is 1. The number of benzene rings is 1. The maximum Gasteiger partial charge on any atom is 0.129 e. The summed E-state index contributed by atoms with van der Waals surface area (Å²) in [5, 5.41) is 5.46. The van der Waals surface area contributed by atoms with E-state index in [0.717, 1.165) is 12.2 Å². The van der Waals surface area contributed by atoms with Crippen LogP contribution in [0.4, 0.5) is 0 Å². The van der Waals surface area contributed by atoms with E-state index in [2.05, 4.69) is 61.8 Å². The molecule has 1 N–H and O–H groups in total. The van der Waals surface area contributed by atoms with Crippen molar-refractivity contribution in [2.75, 3.05) is 14.2 Å². The Balaban J connectivity index is 2.11. The number of hydrogen-bond acceptors (Lipinski definition) is 3. The van der Waals surface area contributed by atoms with Crippen molar-refractivity contribution in [3.05, 3.63) is 51.7 Å². The zero-order valence-electron chi connectivity index (χ0n) is 13.6. The van der Waals surface area contributed by atoms with Gasteiger partial charge in [-0.2, -0.15) is 0 Å². The van der Waals surface area contributed by atoms with Crippen molar-refractivity contribution in [2.24, 2.45) is 0 Å². The third kappa shape index (κ3) is 4.08. The van der Waals surface area contributed by atoms with Crippen LogP contribution in [0.15, 0.2) is 35.7 Å². The Hall–Kier alpha value is -1.32. The van der Waals surface area contributed by atoms with E-state index < -0.39 is 0 Å². The fourth-order valence-electron chi connectivity index (χ4n) is 2.35. The van der Waals surface area contributed by atoms with Gasteiger partial charge in [0.1, 0.15) is 5.75 Å². The molecule has 0 aliphatic heterocycles. The molecule has 0 bridgehead atoms. The van der Waals surface area contributed by atoms with Gasteiger partial charge in [-0.25, -0.2) is 0 Å². The van der Waals surface area contributed by atoms with Crippen LogP contribution < -0.4 is 10.1 Å². The van der Waals surface area contributed by atoms with Gasteiger partial charge in [0.15, 0.2) is 0 Å². The second kappa shape index (κ2) is 6.63. The third-order valence-electron chi connectivity index (χ3n) is 3.78. The average molecular weight is 303 g/mol. The molecule has 1 aromatic carbocycles. The Bertz CT molecular complexity index is 566. The van der Waals surface area contributed by atoms with Gasteiger partial charge in [0.25, 0.3) is 0 Å². The van der Waals surface area contributed by atoms with E-state index in [0.29, 0.717) is 6.04 Å². The van der Waals surface area contributed by atoms with Crippen molar-refractivity contribution < 1.29 is 4.74 Å². The smallest absolute Gasteiger partial charge is 0.129 e. The largest absolute Gasteiger partial charge is 0.496 e. The topological polar surface area (TPSA) is 21.3 Å². The lowest BCUT2D eigenvalue weighted by Gasteiger charge is -2.20. The number of methoxy groups -OCH3 is 1. The molecule has 0 radical (unpaired) electrons. The van der Waals surface area contributed by atoms with Crippen molar-refractivity contribution in [1.82, 2.24) is 5.32 Å². The van der Waals surface area contributed by atoms with E-state index in [1.54, 1.807) is 18.4 Å². The van der Waals surface area contributed by atoms with Crippen LogP contribution in [-0.2, 0) is 11.8 Å². The van der Waals surface area contributed by atoms with Crippen LogP contribution in [0.2, 0.25) is 0 Å². The van der Waals surface area contributed by atoms with Gasteiger partial charge in [-0.1, -0.05) is 45.0 Å². The minimum atomic E-state index is 0.210. The molecule has 2 aromatic rings. The van der Waals surface area contributed by atoms with Crippen LogP contribution >= 0.6 is 11.3 Å². The molecule has 0 spiro atoms. The lowest BCUT2D eigenvalue weighted by molar-refractivity contribution is 0.416. The van der Waals surface area contributed by atoms with E-state index in [-0.39, 0.29) is 5.41 Å². The molecule has 0 amide bonds. The highest BCUT2D eigenvalue weighted by Crippen LogP contribution is 2.29. The highest BCUT2D eigenvalue weighted by Gasteiger charge is 2.15. The highest BCUT2D eigenvalue weighted by atomic mass is 32.1. The maximum absolute atomic E-state index is 5.28. The minimum Gasteiger partial charge on any atom is -0.496 e. The first-order valence-electron chi connectivity index (χ1n) is 7.33. The third-order valence-corrected chi connectivity index (χ3v) is 4.81. The van der Waals surface area contributed by atoms with Crippen LogP contribution in [0, 0.1) is 0 Å². The Morgan fingerprint density at radius 2 is 1.86 bits per heavy atom. The molecule has 1 aromatic heterocycles. The summed E-state index contributed by atoms with van der Waals surface area (Å²) in [5.74, 6) is 0.943. The number of thiophene rings is 1. The Morgan fingerprint density at radius 1 is 1.19 bits per heavy atom. The molecule has 0 fully saturated rings. The summed E-state index contributed by atoms with van der Waals surface area (Å²) in [6.45, 7) is 6.74. The average Bonchev–Trinajstić information content (AvgIpc) is 2.93. The van der Waals surface area contributed by atoms with Crippen LogP contribution in [0.5, 0.6) is 5.75 Å². The fourth-order valence-corrected chi connectivity index (χ4v) is 3.31. The maximum atomic E-state index is 5.28. The molecule has 0 saturated carbocycles. The van der Waals surface area contributed by atoms with Gasteiger partial charge < -0.3 is 10.1 Å². The van der Waals surface area contributed by atoms with E-state index in [1.165, 1.54) is 16.0 Å². The molecule has 3 heteroatoms. The van der Waals surface area contributed by atoms with Crippen LogP contribution in [0.25, 0.3) is 0 Å². The zero-order valence-corrected chi connectivity index (χ0v) is 14.4.